The van der Waals surface area contributed by atoms with Crippen molar-refractivity contribution in [3.63, 3.8) is 0 Å². The van der Waals surface area contributed by atoms with E-state index < -0.39 is 0 Å². The van der Waals surface area contributed by atoms with Crippen molar-refractivity contribution in [3.05, 3.63) is 27.7 Å². The van der Waals surface area contributed by atoms with Crippen LogP contribution in [0.15, 0.2) is 12.1 Å². The van der Waals surface area contributed by atoms with Gasteiger partial charge in [-0.3, -0.25) is 9.59 Å². The van der Waals surface area contributed by atoms with E-state index in [4.69, 9.17) is 32.7 Å². The van der Waals surface area contributed by atoms with Gasteiger partial charge in [-0.15, -0.1) is 0 Å². The van der Waals surface area contributed by atoms with Gasteiger partial charge in [-0.05, 0) is 25.0 Å². The average molecular weight is 387 g/mol. The monoisotopic (exact) mass is 386 g/mol. The Morgan fingerprint density at radius 2 is 1.72 bits per heavy atom. The summed E-state index contributed by atoms with van der Waals surface area (Å²) in [6, 6.07) is 3.11. The second-order valence-electron chi connectivity index (χ2n) is 6.09. The third-order valence-electron chi connectivity index (χ3n) is 4.53. The normalized spacial score (nSPS) is 20.7. The van der Waals surface area contributed by atoms with Crippen molar-refractivity contribution in [1.82, 2.24) is 9.80 Å². The van der Waals surface area contributed by atoms with Crippen LogP contribution >= 0.6 is 23.2 Å². The van der Waals surface area contributed by atoms with E-state index in [2.05, 4.69) is 0 Å². The summed E-state index contributed by atoms with van der Waals surface area (Å²) in [6.45, 7) is 2.59. The van der Waals surface area contributed by atoms with Gasteiger partial charge in [-0.25, -0.2) is 0 Å². The second kappa shape index (κ2) is 7.81. The van der Waals surface area contributed by atoms with Gasteiger partial charge in [-0.2, -0.15) is 0 Å². The average Bonchev–Trinajstić information content (AvgIpc) is 3.15. The molecule has 1 aromatic carbocycles. The summed E-state index contributed by atoms with van der Waals surface area (Å²) in [4.78, 5) is 28.5. The maximum Gasteiger partial charge on any atom is 0.254 e. The van der Waals surface area contributed by atoms with Crippen LogP contribution in [0.5, 0.6) is 5.75 Å². The Kier molecular flexibility index (Phi) is 5.71. The molecule has 0 N–H and O–H groups in total. The molecule has 2 aliphatic rings. The topological polar surface area (TPSA) is 59.1 Å². The summed E-state index contributed by atoms with van der Waals surface area (Å²) in [5.41, 5.74) is 0.412. The molecule has 0 radical (unpaired) electrons. The molecular weight excluding hydrogens is 367 g/mol. The van der Waals surface area contributed by atoms with Gasteiger partial charge >= 0.3 is 0 Å². The zero-order valence-corrected chi connectivity index (χ0v) is 15.5. The van der Waals surface area contributed by atoms with Crippen molar-refractivity contribution in [3.8, 4) is 5.75 Å². The molecule has 0 bridgehead atoms. The summed E-state index contributed by atoms with van der Waals surface area (Å²) < 4.78 is 10.5. The van der Waals surface area contributed by atoms with E-state index in [0.29, 0.717) is 54.1 Å². The van der Waals surface area contributed by atoms with Gasteiger partial charge in [0.25, 0.3) is 11.8 Å². The summed E-state index contributed by atoms with van der Waals surface area (Å²) in [5, 5.41) is 0.594. The molecule has 136 valence electrons. The van der Waals surface area contributed by atoms with Crippen LogP contribution in [0.4, 0.5) is 0 Å². The van der Waals surface area contributed by atoms with Gasteiger partial charge in [0.1, 0.15) is 6.10 Å². The SMILES string of the molecule is COc1c(Cl)cc(C(=O)N2CCN(C(=O)C3CCCO3)CC2)cc1Cl. The van der Waals surface area contributed by atoms with E-state index in [1.807, 2.05) is 0 Å². The highest BCUT2D eigenvalue weighted by Gasteiger charge is 2.31. The molecule has 6 nitrogen and oxygen atoms in total. The first-order valence-corrected chi connectivity index (χ1v) is 8.99. The lowest BCUT2D eigenvalue weighted by atomic mass is 10.1. The van der Waals surface area contributed by atoms with Crippen LogP contribution in [0.2, 0.25) is 10.0 Å². The molecule has 2 amide bonds. The summed E-state index contributed by atoms with van der Waals surface area (Å²) in [6.07, 6.45) is 1.38. The molecule has 8 heteroatoms. The van der Waals surface area contributed by atoms with E-state index in [9.17, 15) is 9.59 Å². The zero-order valence-electron chi connectivity index (χ0n) is 14.0. The highest BCUT2D eigenvalue weighted by Crippen LogP contribution is 2.34. The minimum Gasteiger partial charge on any atom is -0.494 e. The van der Waals surface area contributed by atoms with E-state index in [1.54, 1.807) is 21.9 Å². The molecule has 1 atom stereocenters. The number of rotatable bonds is 3. The number of piperazine rings is 1. The predicted molar refractivity (Wildman–Crippen MR) is 94.5 cm³/mol. The fourth-order valence-electron chi connectivity index (χ4n) is 3.17. The lowest BCUT2D eigenvalue weighted by molar-refractivity contribution is -0.142. The molecule has 3 rings (SSSR count). The van der Waals surface area contributed by atoms with Crippen molar-refractivity contribution in [2.45, 2.75) is 18.9 Å². The second-order valence-corrected chi connectivity index (χ2v) is 6.91. The number of carbonyl (C=O) groups is 2. The molecule has 1 unspecified atom stereocenters. The predicted octanol–water partition coefficient (Wildman–Crippen LogP) is 2.47. The maximum atomic E-state index is 12.7. The number of benzene rings is 1. The van der Waals surface area contributed by atoms with Crippen LogP contribution in [0.3, 0.4) is 0 Å². The Bertz CT molecular complexity index is 646. The molecule has 2 saturated heterocycles. The summed E-state index contributed by atoms with van der Waals surface area (Å²) in [7, 11) is 1.47. The van der Waals surface area contributed by atoms with Crippen LogP contribution in [0.1, 0.15) is 23.2 Å². The number of amides is 2. The third kappa shape index (κ3) is 3.86. The number of nitrogens with zero attached hydrogens (tertiary/aromatic N) is 2. The number of carbonyl (C=O) groups excluding carboxylic acids is 2. The van der Waals surface area contributed by atoms with E-state index in [1.165, 1.54) is 7.11 Å². The lowest BCUT2D eigenvalue weighted by Crippen LogP contribution is -2.52. The molecule has 0 saturated carbocycles. The molecule has 2 fully saturated rings. The zero-order chi connectivity index (χ0) is 18.0. The first-order chi connectivity index (χ1) is 12.0. The van der Waals surface area contributed by atoms with Crippen molar-refractivity contribution in [2.24, 2.45) is 0 Å². The van der Waals surface area contributed by atoms with Crippen molar-refractivity contribution < 1.29 is 19.1 Å². The van der Waals surface area contributed by atoms with E-state index >= 15 is 0 Å². The fraction of sp³-hybridized carbons (Fsp3) is 0.529. The quantitative estimate of drug-likeness (QED) is 0.800. The van der Waals surface area contributed by atoms with Crippen molar-refractivity contribution in [1.29, 1.82) is 0 Å². The summed E-state index contributed by atoms with van der Waals surface area (Å²) in [5.74, 6) is 0.225. The minimum absolute atomic E-state index is 0.0279. The van der Waals surface area contributed by atoms with Gasteiger partial charge in [0.05, 0.1) is 17.2 Å². The van der Waals surface area contributed by atoms with Gasteiger partial charge in [0.2, 0.25) is 0 Å². The Morgan fingerprint density at radius 3 is 2.24 bits per heavy atom. The fourth-order valence-corrected chi connectivity index (χ4v) is 3.81. The first kappa shape index (κ1) is 18.3. The molecule has 0 aromatic heterocycles. The van der Waals surface area contributed by atoms with Gasteiger partial charge in [0.15, 0.2) is 5.75 Å². The van der Waals surface area contributed by atoms with Crippen LogP contribution in [-0.2, 0) is 9.53 Å². The van der Waals surface area contributed by atoms with Crippen molar-refractivity contribution in [2.75, 3.05) is 39.9 Å². The van der Waals surface area contributed by atoms with Crippen LogP contribution in [0, 0.1) is 0 Å². The molecular formula is C17H20Cl2N2O4. The molecule has 25 heavy (non-hydrogen) atoms. The Morgan fingerprint density at radius 1 is 1.12 bits per heavy atom. The van der Waals surface area contributed by atoms with Gasteiger partial charge < -0.3 is 19.3 Å². The molecule has 2 aliphatic heterocycles. The maximum absolute atomic E-state index is 12.7. The molecule has 1 aromatic rings. The molecule has 0 aliphatic carbocycles. The van der Waals surface area contributed by atoms with Gasteiger partial charge in [0, 0.05) is 38.3 Å². The Balaban J connectivity index is 1.62. The first-order valence-electron chi connectivity index (χ1n) is 8.24. The Labute approximate surface area is 156 Å². The third-order valence-corrected chi connectivity index (χ3v) is 5.09. The molecule has 2 heterocycles. The van der Waals surface area contributed by atoms with E-state index in [-0.39, 0.29) is 17.9 Å². The van der Waals surface area contributed by atoms with Crippen LogP contribution < -0.4 is 4.74 Å². The number of hydrogen-bond donors (Lipinski definition) is 0. The van der Waals surface area contributed by atoms with Gasteiger partial charge in [-0.1, -0.05) is 23.2 Å². The number of methoxy groups -OCH3 is 1. The highest BCUT2D eigenvalue weighted by molar-refractivity contribution is 6.37. The van der Waals surface area contributed by atoms with E-state index in [0.717, 1.165) is 12.8 Å². The number of hydrogen-bond acceptors (Lipinski definition) is 4. The lowest BCUT2D eigenvalue weighted by Gasteiger charge is -2.35. The number of ether oxygens (including phenoxy) is 2. The molecule has 0 spiro atoms. The standard InChI is InChI=1S/C17H20Cl2N2O4/c1-24-15-12(18)9-11(10-13(15)19)16(22)20-4-6-21(7-5-20)17(23)14-3-2-8-25-14/h9-10,14H,2-8H2,1H3. The largest absolute Gasteiger partial charge is 0.494 e. The minimum atomic E-state index is -0.318. The van der Waals surface area contributed by atoms with Crippen molar-refractivity contribution >= 4 is 35.0 Å². The van der Waals surface area contributed by atoms with Crippen LogP contribution in [0.25, 0.3) is 0 Å². The smallest absolute Gasteiger partial charge is 0.254 e. The van der Waals surface area contributed by atoms with Crippen LogP contribution in [-0.4, -0.2) is 67.6 Å². The Hall–Kier alpha value is -1.50. The summed E-state index contributed by atoms with van der Waals surface area (Å²) >= 11 is 12.2. The highest BCUT2D eigenvalue weighted by atomic mass is 35.5. The number of halogens is 2.